The standard InChI is InChI=1S/C12H23NO4/c1-16-6-2-7-17-8-5-13(10-12(14)15)9-11-3-4-11/h11H,2-10H2,1H3,(H,14,15). The van der Waals surface area contributed by atoms with Crippen molar-refractivity contribution in [1.29, 1.82) is 0 Å². The number of methoxy groups -OCH3 is 1. The summed E-state index contributed by atoms with van der Waals surface area (Å²) >= 11 is 0. The number of nitrogens with zero attached hydrogens (tertiary/aromatic N) is 1. The minimum Gasteiger partial charge on any atom is -0.480 e. The van der Waals surface area contributed by atoms with Crippen molar-refractivity contribution < 1.29 is 19.4 Å². The molecule has 0 bridgehead atoms. The summed E-state index contributed by atoms with van der Waals surface area (Å²) in [5.74, 6) is -0.0483. The summed E-state index contributed by atoms with van der Waals surface area (Å²) in [4.78, 5) is 12.7. The predicted octanol–water partition coefficient (Wildman–Crippen LogP) is 0.836. The van der Waals surface area contributed by atoms with Gasteiger partial charge in [-0.25, -0.2) is 0 Å². The van der Waals surface area contributed by atoms with E-state index in [0.29, 0.717) is 32.3 Å². The van der Waals surface area contributed by atoms with Gasteiger partial charge in [0, 0.05) is 33.4 Å². The van der Waals surface area contributed by atoms with Gasteiger partial charge in [-0.05, 0) is 25.2 Å². The molecular formula is C12H23NO4. The van der Waals surface area contributed by atoms with Crippen LogP contribution in [-0.4, -0.2) is 62.5 Å². The van der Waals surface area contributed by atoms with E-state index < -0.39 is 5.97 Å². The molecule has 1 aliphatic carbocycles. The van der Waals surface area contributed by atoms with E-state index in [1.54, 1.807) is 7.11 Å². The van der Waals surface area contributed by atoms with Gasteiger partial charge in [-0.2, -0.15) is 0 Å². The molecule has 0 aromatic carbocycles. The van der Waals surface area contributed by atoms with Crippen LogP contribution >= 0.6 is 0 Å². The Morgan fingerprint density at radius 1 is 1.35 bits per heavy atom. The Bertz CT molecular complexity index is 219. The Labute approximate surface area is 103 Å². The monoisotopic (exact) mass is 245 g/mol. The molecule has 1 fully saturated rings. The minimum absolute atomic E-state index is 0.123. The Morgan fingerprint density at radius 3 is 2.71 bits per heavy atom. The van der Waals surface area contributed by atoms with Crippen molar-refractivity contribution in [2.45, 2.75) is 19.3 Å². The van der Waals surface area contributed by atoms with Gasteiger partial charge in [-0.15, -0.1) is 0 Å². The van der Waals surface area contributed by atoms with Gasteiger partial charge in [0.15, 0.2) is 0 Å². The van der Waals surface area contributed by atoms with E-state index >= 15 is 0 Å². The maximum Gasteiger partial charge on any atom is 0.317 e. The lowest BCUT2D eigenvalue weighted by molar-refractivity contribution is -0.138. The van der Waals surface area contributed by atoms with Gasteiger partial charge in [0.2, 0.25) is 0 Å². The van der Waals surface area contributed by atoms with Crippen molar-refractivity contribution >= 4 is 5.97 Å². The quantitative estimate of drug-likeness (QED) is 0.547. The smallest absolute Gasteiger partial charge is 0.317 e. The zero-order valence-corrected chi connectivity index (χ0v) is 10.6. The van der Waals surface area contributed by atoms with Crippen LogP contribution in [0.2, 0.25) is 0 Å². The third-order valence-corrected chi connectivity index (χ3v) is 2.76. The van der Waals surface area contributed by atoms with E-state index in [9.17, 15) is 4.79 Å². The average molecular weight is 245 g/mol. The van der Waals surface area contributed by atoms with Crippen molar-refractivity contribution in [3.8, 4) is 0 Å². The minimum atomic E-state index is -0.759. The zero-order valence-electron chi connectivity index (χ0n) is 10.6. The van der Waals surface area contributed by atoms with Crippen LogP contribution in [-0.2, 0) is 14.3 Å². The highest BCUT2D eigenvalue weighted by Gasteiger charge is 2.24. The highest BCUT2D eigenvalue weighted by atomic mass is 16.5. The number of rotatable bonds is 11. The Morgan fingerprint density at radius 2 is 2.12 bits per heavy atom. The largest absolute Gasteiger partial charge is 0.480 e. The van der Waals surface area contributed by atoms with Crippen LogP contribution in [0.15, 0.2) is 0 Å². The lowest BCUT2D eigenvalue weighted by Gasteiger charge is -2.19. The van der Waals surface area contributed by atoms with Gasteiger partial charge in [0.25, 0.3) is 0 Å². The lowest BCUT2D eigenvalue weighted by atomic mass is 10.3. The highest BCUT2D eigenvalue weighted by molar-refractivity contribution is 5.69. The zero-order chi connectivity index (χ0) is 12.5. The molecule has 5 nitrogen and oxygen atoms in total. The number of carbonyl (C=O) groups is 1. The number of carboxylic acid groups (broad SMARTS) is 1. The van der Waals surface area contributed by atoms with Gasteiger partial charge in [0.1, 0.15) is 0 Å². The summed E-state index contributed by atoms with van der Waals surface area (Å²) in [5.41, 5.74) is 0. The van der Waals surface area contributed by atoms with E-state index in [0.717, 1.165) is 13.0 Å². The summed E-state index contributed by atoms with van der Waals surface area (Å²) in [6.45, 7) is 3.71. The first-order chi connectivity index (χ1) is 8.22. The number of carboxylic acids is 1. The lowest BCUT2D eigenvalue weighted by Crippen LogP contribution is -2.34. The topological polar surface area (TPSA) is 59.0 Å². The molecular weight excluding hydrogens is 222 g/mol. The normalized spacial score (nSPS) is 15.4. The molecule has 0 atom stereocenters. The second kappa shape index (κ2) is 8.44. The van der Waals surface area contributed by atoms with E-state index in [-0.39, 0.29) is 6.54 Å². The van der Waals surface area contributed by atoms with Crippen LogP contribution in [0.3, 0.4) is 0 Å². The third kappa shape index (κ3) is 8.12. The molecule has 1 saturated carbocycles. The van der Waals surface area contributed by atoms with Crippen LogP contribution < -0.4 is 0 Å². The molecule has 0 aliphatic heterocycles. The fraction of sp³-hybridized carbons (Fsp3) is 0.917. The molecule has 0 unspecified atom stereocenters. The molecule has 0 aromatic heterocycles. The van der Waals surface area contributed by atoms with Crippen molar-refractivity contribution in [3.63, 3.8) is 0 Å². The maximum absolute atomic E-state index is 10.7. The molecule has 100 valence electrons. The molecule has 1 aliphatic rings. The first-order valence-corrected chi connectivity index (χ1v) is 6.23. The van der Waals surface area contributed by atoms with E-state index in [1.807, 2.05) is 4.90 Å². The SMILES string of the molecule is COCCCOCCN(CC(=O)O)CC1CC1. The van der Waals surface area contributed by atoms with Crippen molar-refractivity contribution in [1.82, 2.24) is 4.90 Å². The molecule has 17 heavy (non-hydrogen) atoms. The predicted molar refractivity (Wildman–Crippen MR) is 64.1 cm³/mol. The highest BCUT2D eigenvalue weighted by Crippen LogP contribution is 2.29. The third-order valence-electron chi connectivity index (χ3n) is 2.76. The molecule has 1 rings (SSSR count). The first kappa shape index (κ1) is 14.4. The summed E-state index contributed by atoms with van der Waals surface area (Å²) in [5, 5.41) is 8.79. The second-order valence-electron chi connectivity index (χ2n) is 4.53. The number of aliphatic carboxylic acids is 1. The van der Waals surface area contributed by atoms with E-state index in [2.05, 4.69) is 0 Å². The van der Waals surface area contributed by atoms with Crippen molar-refractivity contribution in [2.75, 3.05) is 46.6 Å². The van der Waals surface area contributed by atoms with Crippen molar-refractivity contribution in [2.24, 2.45) is 5.92 Å². The van der Waals surface area contributed by atoms with Crippen LogP contribution in [0.1, 0.15) is 19.3 Å². The first-order valence-electron chi connectivity index (χ1n) is 6.23. The van der Waals surface area contributed by atoms with Gasteiger partial charge < -0.3 is 14.6 Å². The molecule has 0 heterocycles. The summed E-state index contributed by atoms with van der Waals surface area (Å²) < 4.78 is 10.4. The van der Waals surface area contributed by atoms with Crippen LogP contribution in [0.4, 0.5) is 0 Å². The Balaban J connectivity index is 2.03. The molecule has 0 saturated heterocycles. The molecule has 1 N–H and O–H groups in total. The van der Waals surface area contributed by atoms with Crippen LogP contribution in [0, 0.1) is 5.92 Å². The summed E-state index contributed by atoms with van der Waals surface area (Å²) in [6, 6.07) is 0. The molecule has 5 heteroatoms. The Hall–Kier alpha value is -0.650. The summed E-state index contributed by atoms with van der Waals surface area (Å²) in [6.07, 6.45) is 3.37. The Kier molecular flexibility index (Phi) is 7.16. The molecule has 0 aromatic rings. The maximum atomic E-state index is 10.7. The van der Waals surface area contributed by atoms with Crippen LogP contribution in [0.25, 0.3) is 0 Å². The molecule has 0 spiro atoms. The van der Waals surface area contributed by atoms with Gasteiger partial charge >= 0.3 is 5.97 Å². The average Bonchev–Trinajstić information content (AvgIpc) is 3.06. The van der Waals surface area contributed by atoms with Gasteiger partial charge in [-0.3, -0.25) is 9.69 Å². The van der Waals surface area contributed by atoms with E-state index in [4.69, 9.17) is 14.6 Å². The number of hydrogen-bond acceptors (Lipinski definition) is 4. The fourth-order valence-corrected chi connectivity index (χ4v) is 1.69. The van der Waals surface area contributed by atoms with E-state index in [1.165, 1.54) is 12.8 Å². The van der Waals surface area contributed by atoms with Gasteiger partial charge in [0.05, 0.1) is 13.2 Å². The summed E-state index contributed by atoms with van der Waals surface area (Å²) in [7, 11) is 1.67. The number of ether oxygens (including phenoxy) is 2. The fourth-order valence-electron chi connectivity index (χ4n) is 1.69. The molecule has 0 radical (unpaired) electrons. The second-order valence-corrected chi connectivity index (χ2v) is 4.53. The van der Waals surface area contributed by atoms with Crippen LogP contribution in [0.5, 0.6) is 0 Å². The van der Waals surface area contributed by atoms with Gasteiger partial charge in [-0.1, -0.05) is 0 Å². The number of hydrogen-bond donors (Lipinski definition) is 1. The molecule has 0 amide bonds. The van der Waals surface area contributed by atoms with Crippen molar-refractivity contribution in [3.05, 3.63) is 0 Å².